The molecule has 0 atom stereocenters. The van der Waals surface area contributed by atoms with E-state index in [1.165, 1.54) is 88.4 Å². The Morgan fingerprint density at radius 3 is 1.76 bits per heavy atom. The van der Waals surface area contributed by atoms with Gasteiger partial charge in [-0.2, -0.15) is 0 Å². The SMILES string of the molecule is CCCCCCc1cc(-c2sc(C#C[Si](C)(C)C)cc2CCCCCC)sc1C#C[Si](C)(C)C. The van der Waals surface area contributed by atoms with Crippen molar-refractivity contribution in [3.8, 4) is 32.7 Å². The van der Waals surface area contributed by atoms with Gasteiger partial charge in [0.1, 0.15) is 16.1 Å². The van der Waals surface area contributed by atoms with E-state index >= 15 is 0 Å². The Labute approximate surface area is 221 Å². The van der Waals surface area contributed by atoms with Gasteiger partial charge in [-0.1, -0.05) is 103 Å². The van der Waals surface area contributed by atoms with E-state index in [4.69, 9.17) is 0 Å². The molecular weight excluding hydrogens is 481 g/mol. The molecule has 0 aromatic carbocycles. The van der Waals surface area contributed by atoms with E-state index in [2.05, 4.69) is 88.2 Å². The van der Waals surface area contributed by atoms with Crippen molar-refractivity contribution < 1.29 is 0 Å². The number of aryl methyl sites for hydroxylation is 2. The molecule has 0 aliphatic rings. The average molecular weight is 527 g/mol. The highest BCUT2D eigenvalue weighted by Crippen LogP contribution is 2.40. The van der Waals surface area contributed by atoms with Gasteiger partial charge in [-0.05, 0) is 48.9 Å². The van der Waals surface area contributed by atoms with Gasteiger partial charge >= 0.3 is 0 Å². The molecule has 0 bridgehead atoms. The summed E-state index contributed by atoms with van der Waals surface area (Å²) >= 11 is 3.85. The first-order valence-electron chi connectivity index (χ1n) is 13.3. The van der Waals surface area contributed by atoms with Gasteiger partial charge in [-0.3, -0.25) is 0 Å². The summed E-state index contributed by atoms with van der Waals surface area (Å²) in [6.07, 6.45) is 12.7. The standard InChI is InChI=1S/C30H46S2Si2/c1-9-11-13-15-17-25-24-29(32-28(25)20-22-34(6,7)8)30-26(18-16-14-12-10-2)23-27(31-30)19-21-33(3,4)5/h23-24H,9-18H2,1-8H3. The molecular formula is C30H46S2Si2. The summed E-state index contributed by atoms with van der Waals surface area (Å²) in [6.45, 7) is 18.6. The Bertz CT molecular complexity index is 1020. The van der Waals surface area contributed by atoms with Crippen LogP contribution < -0.4 is 0 Å². The highest BCUT2D eigenvalue weighted by atomic mass is 32.1. The van der Waals surface area contributed by atoms with Crippen LogP contribution >= 0.6 is 22.7 Å². The first-order valence-corrected chi connectivity index (χ1v) is 22.0. The quantitative estimate of drug-likeness (QED) is 0.155. The first kappa shape index (κ1) is 29.2. The number of hydrogen-bond acceptors (Lipinski definition) is 2. The van der Waals surface area contributed by atoms with Crippen LogP contribution in [0.1, 0.15) is 86.1 Å². The molecule has 0 N–H and O–H groups in total. The monoisotopic (exact) mass is 526 g/mol. The molecule has 2 rings (SSSR count). The molecule has 0 nitrogen and oxygen atoms in total. The number of rotatable bonds is 11. The molecule has 0 fully saturated rings. The Morgan fingerprint density at radius 2 is 1.21 bits per heavy atom. The molecule has 2 heterocycles. The Kier molecular flexibility index (Phi) is 11.9. The summed E-state index contributed by atoms with van der Waals surface area (Å²) in [5, 5.41) is 0. The van der Waals surface area contributed by atoms with Gasteiger partial charge in [0.05, 0.1) is 9.75 Å². The van der Waals surface area contributed by atoms with Gasteiger partial charge < -0.3 is 0 Å². The van der Waals surface area contributed by atoms with E-state index in [0.717, 1.165) is 6.42 Å². The fraction of sp³-hybridized carbons (Fsp3) is 0.600. The third kappa shape index (κ3) is 10.7. The summed E-state index contributed by atoms with van der Waals surface area (Å²) in [7, 11) is -2.79. The second-order valence-corrected chi connectivity index (χ2v) is 23.2. The molecule has 0 aliphatic carbocycles. The molecule has 0 saturated carbocycles. The van der Waals surface area contributed by atoms with Crippen LogP contribution in [0.5, 0.6) is 0 Å². The van der Waals surface area contributed by atoms with Gasteiger partial charge in [0.15, 0.2) is 0 Å². The molecule has 0 radical (unpaired) electrons. The van der Waals surface area contributed by atoms with Crippen molar-refractivity contribution in [2.24, 2.45) is 0 Å². The fourth-order valence-electron chi connectivity index (χ4n) is 3.69. The molecule has 0 unspecified atom stereocenters. The normalized spacial score (nSPS) is 11.6. The van der Waals surface area contributed by atoms with Crippen molar-refractivity contribution in [3.05, 3.63) is 33.0 Å². The van der Waals surface area contributed by atoms with E-state index in [9.17, 15) is 0 Å². The number of hydrogen-bond donors (Lipinski definition) is 0. The maximum absolute atomic E-state index is 3.63. The van der Waals surface area contributed by atoms with Crippen LogP contribution in [0.15, 0.2) is 12.1 Å². The summed E-state index contributed by atoms with van der Waals surface area (Å²) in [5.74, 6) is 7.17. The summed E-state index contributed by atoms with van der Waals surface area (Å²) in [4.78, 5) is 5.43. The van der Waals surface area contributed by atoms with Gasteiger partial charge in [0.25, 0.3) is 0 Å². The Balaban J connectivity index is 2.44. The maximum Gasteiger partial charge on any atom is 0.129 e. The zero-order chi connectivity index (χ0) is 25.2. The van der Waals surface area contributed by atoms with Crippen molar-refractivity contribution >= 4 is 38.8 Å². The minimum absolute atomic E-state index is 1.16. The van der Waals surface area contributed by atoms with Gasteiger partial charge in [-0.25, -0.2) is 0 Å². The minimum atomic E-state index is -1.40. The lowest BCUT2D eigenvalue weighted by atomic mass is 10.0. The molecule has 4 heteroatoms. The second kappa shape index (κ2) is 13.9. The van der Waals surface area contributed by atoms with E-state index < -0.39 is 16.1 Å². The predicted octanol–water partition coefficient (Wildman–Crippen LogP) is 10.2. The molecule has 2 aromatic heterocycles. The van der Waals surface area contributed by atoms with Crippen molar-refractivity contribution in [3.63, 3.8) is 0 Å². The van der Waals surface area contributed by atoms with Crippen LogP contribution in [-0.2, 0) is 12.8 Å². The lowest BCUT2D eigenvalue weighted by Gasteiger charge is -2.03. The molecule has 0 amide bonds. The summed E-state index contributed by atoms with van der Waals surface area (Å²) in [5.41, 5.74) is 10.2. The Hall–Kier alpha value is -1.05. The van der Waals surface area contributed by atoms with Crippen molar-refractivity contribution in [1.29, 1.82) is 0 Å². The second-order valence-electron chi connectivity index (χ2n) is 11.6. The van der Waals surface area contributed by atoms with Crippen LogP contribution in [0, 0.1) is 22.9 Å². The van der Waals surface area contributed by atoms with Crippen molar-refractivity contribution in [2.75, 3.05) is 0 Å². The van der Waals surface area contributed by atoms with Gasteiger partial charge in [-0.15, -0.1) is 33.8 Å². The topological polar surface area (TPSA) is 0 Å². The lowest BCUT2D eigenvalue weighted by Crippen LogP contribution is -2.16. The summed E-state index contributed by atoms with van der Waals surface area (Å²) in [6, 6.07) is 4.87. The molecule has 34 heavy (non-hydrogen) atoms. The largest absolute Gasteiger partial charge is 0.129 e. The molecule has 0 aliphatic heterocycles. The van der Waals surface area contributed by atoms with E-state index in [0.29, 0.717) is 0 Å². The van der Waals surface area contributed by atoms with Crippen LogP contribution in [0.4, 0.5) is 0 Å². The third-order valence-corrected chi connectivity index (χ3v) is 9.67. The zero-order valence-corrected chi connectivity index (χ0v) is 26.7. The van der Waals surface area contributed by atoms with Crippen molar-refractivity contribution in [2.45, 2.75) is 117 Å². The van der Waals surface area contributed by atoms with Crippen LogP contribution in [0.3, 0.4) is 0 Å². The minimum Gasteiger partial charge on any atom is -0.126 e. The average Bonchev–Trinajstić information content (AvgIpc) is 3.34. The number of unbranched alkanes of at least 4 members (excludes halogenated alkanes) is 6. The highest BCUT2D eigenvalue weighted by Gasteiger charge is 2.17. The van der Waals surface area contributed by atoms with Gasteiger partial charge in [0, 0.05) is 9.75 Å². The fourth-order valence-corrected chi connectivity index (χ4v) is 7.15. The van der Waals surface area contributed by atoms with Crippen LogP contribution in [0.25, 0.3) is 9.75 Å². The number of thiophene rings is 2. The van der Waals surface area contributed by atoms with Crippen molar-refractivity contribution in [1.82, 2.24) is 0 Å². The molecule has 0 saturated heterocycles. The third-order valence-electron chi connectivity index (χ3n) is 5.55. The zero-order valence-electron chi connectivity index (χ0n) is 23.0. The maximum atomic E-state index is 3.63. The smallest absolute Gasteiger partial charge is 0.126 e. The molecule has 2 aromatic rings. The highest BCUT2D eigenvalue weighted by molar-refractivity contribution is 7.23. The predicted molar refractivity (Wildman–Crippen MR) is 164 cm³/mol. The molecule has 0 spiro atoms. The molecule has 186 valence electrons. The van der Waals surface area contributed by atoms with Crippen LogP contribution in [-0.4, -0.2) is 16.1 Å². The summed E-state index contributed by atoms with van der Waals surface area (Å²) < 4.78 is 0. The first-order chi connectivity index (χ1) is 16.0. The van der Waals surface area contributed by atoms with E-state index in [-0.39, 0.29) is 0 Å². The van der Waals surface area contributed by atoms with E-state index in [1.54, 1.807) is 0 Å². The lowest BCUT2D eigenvalue weighted by molar-refractivity contribution is 0.667. The van der Waals surface area contributed by atoms with Gasteiger partial charge in [0.2, 0.25) is 0 Å². The van der Waals surface area contributed by atoms with E-state index in [1.807, 2.05) is 22.7 Å². The van der Waals surface area contributed by atoms with Crippen LogP contribution in [0.2, 0.25) is 39.3 Å². The Morgan fingerprint density at radius 1 is 0.647 bits per heavy atom.